The fourth-order valence-corrected chi connectivity index (χ4v) is 3.45. The van der Waals surface area contributed by atoms with Gasteiger partial charge in [0.1, 0.15) is 0 Å². The van der Waals surface area contributed by atoms with E-state index < -0.39 is 41.9 Å². The van der Waals surface area contributed by atoms with Crippen LogP contribution >= 0.6 is 0 Å². The fourth-order valence-electron chi connectivity index (χ4n) is 3.45. The average Bonchev–Trinajstić information content (AvgIpc) is 3.09. The standard InChI is InChI=1S/C20H11F3O6/c1-19(20(21,22)23,10-3-5-12-14(7-10)18(27)29-16(12)25)8-9-2-4-11-13(6-9)17(26)28-15(11)24/h2-7H,8H2,1H3. The van der Waals surface area contributed by atoms with Crippen LogP contribution in [0, 0.1) is 0 Å². The highest BCUT2D eigenvalue weighted by atomic mass is 19.4. The van der Waals surface area contributed by atoms with Gasteiger partial charge in [0.05, 0.1) is 27.7 Å². The van der Waals surface area contributed by atoms with Crippen LogP contribution in [0.1, 0.15) is 59.5 Å². The lowest BCUT2D eigenvalue weighted by Gasteiger charge is -2.33. The molecular weight excluding hydrogens is 393 g/mol. The van der Waals surface area contributed by atoms with Gasteiger partial charge in [-0.25, -0.2) is 19.2 Å². The van der Waals surface area contributed by atoms with Gasteiger partial charge in [0.15, 0.2) is 0 Å². The molecule has 0 saturated heterocycles. The van der Waals surface area contributed by atoms with Gasteiger partial charge in [0.25, 0.3) is 0 Å². The quantitative estimate of drug-likeness (QED) is 0.576. The zero-order valence-corrected chi connectivity index (χ0v) is 14.8. The van der Waals surface area contributed by atoms with Crippen LogP contribution in [0.25, 0.3) is 0 Å². The third-order valence-electron chi connectivity index (χ3n) is 5.17. The molecule has 29 heavy (non-hydrogen) atoms. The van der Waals surface area contributed by atoms with Gasteiger partial charge in [0, 0.05) is 0 Å². The number of ether oxygens (including phenoxy) is 2. The highest BCUT2D eigenvalue weighted by Crippen LogP contribution is 2.44. The van der Waals surface area contributed by atoms with Gasteiger partial charge in [0.2, 0.25) is 0 Å². The number of carbonyl (C=O) groups is 4. The van der Waals surface area contributed by atoms with E-state index in [1.807, 2.05) is 0 Å². The number of cyclic esters (lactones) is 4. The number of hydrogen-bond donors (Lipinski definition) is 0. The molecule has 6 nitrogen and oxygen atoms in total. The summed E-state index contributed by atoms with van der Waals surface area (Å²) in [6.45, 7) is 0.952. The van der Waals surface area contributed by atoms with Crippen molar-refractivity contribution >= 4 is 23.9 Å². The minimum atomic E-state index is -4.73. The molecule has 0 N–H and O–H groups in total. The summed E-state index contributed by atoms with van der Waals surface area (Å²) in [5.74, 6) is -3.68. The van der Waals surface area contributed by atoms with Crippen LogP contribution < -0.4 is 0 Å². The second-order valence-electron chi connectivity index (χ2n) is 7.00. The second-order valence-corrected chi connectivity index (χ2v) is 7.00. The normalized spacial score (nSPS) is 17.5. The van der Waals surface area contributed by atoms with Gasteiger partial charge in [-0.1, -0.05) is 12.1 Å². The summed E-state index contributed by atoms with van der Waals surface area (Å²) in [7, 11) is 0. The Morgan fingerprint density at radius 1 is 0.724 bits per heavy atom. The molecule has 2 aliphatic heterocycles. The minimum Gasteiger partial charge on any atom is -0.386 e. The summed E-state index contributed by atoms with van der Waals surface area (Å²) in [6, 6.07) is 7.00. The molecule has 9 heteroatoms. The van der Waals surface area contributed by atoms with Crippen molar-refractivity contribution in [3.8, 4) is 0 Å². The van der Waals surface area contributed by atoms with Gasteiger partial charge in [-0.2, -0.15) is 13.2 Å². The lowest BCUT2D eigenvalue weighted by molar-refractivity contribution is -0.185. The van der Waals surface area contributed by atoms with E-state index in [0.29, 0.717) is 0 Å². The van der Waals surface area contributed by atoms with Crippen molar-refractivity contribution in [1.82, 2.24) is 0 Å². The molecule has 0 saturated carbocycles. The third-order valence-corrected chi connectivity index (χ3v) is 5.17. The number of rotatable bonds is 3. The van der Waals surface area contributed by atoms with E-state index in [9.17, 15) is 32.3 Å². The average molecular weight is 404 g/mol. The molecular formula is C20H11F3O6. The molecule has 0 amide bonds. The smallest absolute Gasteiger partial charge is 0.386 e. The Balaban J connectivity index is 1.78. The predicted molar refractivity (Wildman–Crippen MR) is 89.5 cm³/mol. The molecule has 1 unspecified atom stereocenters. The number of benzene rings is 2. The largest absolute Gasteiger partial charge is 0.398 e. The van der Waals surface area contributed by atoms with Crippen LogP contribution in [0.3, 0.4) is 0 Å². The topological polar surface area (TPSA) is 86.7 Å². The van der Waals surface area contributed by atoms with Gasteiger partial charge in [-0.15, -0.1) is 0 Å². The number of esters is 4. The number of halogens is 3. The van der Waals surface area contributed by atoms with Crippen LogP contribution in [0.2, 0.25) is 0 Å². The third kappa shape index (κ3) is 2.81. The zero-order chi connectivity index (χ0) is 21.1. The van der Waals surface area contributed by atoms with Gasteiger partial charge >= 0.3 is 30.1 Å². The van der Waals surface area contributed by atoms with Crippen molar-refractivity contribution < 1.29 is 41.8 Å². The summed E-state index contributed by atoms with van der Waals surface area (Å²) < 4.78 is 51.1. The van der Waals surface area contributed by atoms with E-state index in [4.69, 9.17) is 0 Å². The molecule has 4 rings (SSSR count). The van der Waals surface area contributed by atoms with Gasteiger partial charge in [-0.3, -0.25) is 0 Å². The van der Waals surface area contributed by atoms with Crippen molar-refractivity contribution in [3.63, 3.8) is 0 Å². The molecule has 0 aliphatic carbocycles. The molecule has 1 atom stereocenters. The Kier molecular flexibility index (Phi) is 3.90. The Bertz CT molecular complexity index is 1120. The Labute approximate surface area is 161 Å². The lowest BCUT2D eigenvalue weighted by Crippen LogP contribution is -2.41. The Hall–Kier alpha value is -3.49. The monoisotopic (exact) mass is 404 g/mol. The number of carbonyl (C=O) groups excluding carboxylic acids is 4. The van der Waals surface area contributed by atoms with Crippen LogP contribution in [0.15, 0.2) is 36.4 Å². The lowest BCUT2D eigenvalue weighted by atomic mass is 9.75. The maximum atomic E-state index is 14.1. The molecule has 0 aromatic heterocycles. The SMILES string of the molecule is CC(Cc1ccc2c(c1)C(=O)OC2=O)(c1ccc2c(c1)C(=O)OC2=O)C(F)(F)F. The molecule has 0 fully saturated rings. The molecule has 0 spiro atoms. The maximum absolute atomic E-state index is 14.1. The molecule has 2 heterocycles. The van der Waals surface area contributed by atoms with Crippen LogP contribution in [0.4, 0.5) is 13.2 Å². The Morgan fingerprint density at radius 2 is 1.21 bits per heavy atom. The van der Waals surface area contributed by atoms with Gasteiger partial charge in [-0.05, 0) is 48.7 Å². The first-order valence-electron chi connectivity index (χ1n) is 8.38. The first-order valence-corrected chi connectivity index (χ1v) is 8.38. The van der Waals surface area contributed by atoms with E-state index >= 15 is 0 Å². The fraction of sp³-hybridized carbons (Fsp3) is 0.200. The summed E-state index contributed by atoms with van der Waals surface area (Å²) in [5, 5.41) is 0. The van der Waals surface area contributed by atoms with E-state index in [-0.39, 0.29) is 33.4 Å². The molecule has 2 aromatic carbocycles. The highest BCUT2D eigenvalue weighted by molar-refractivity contribution is 6.15. The van der Waals surface area contributed by atoms with E-state index in [0.717, 1.165) is 25.1 Å². The van der Waals surface area contributed by atoms with Crippen molar-refractivity contribution in [3.05, 3.63) is 69.8 Å². The molecule has 148 valence electrons. The van der Waals surface area contributed by atoms with Gasteiger partial charge < -0.3 is 9.47 Å². The van der Waals surface area contributed by atoms with Crippen LogP contribution in [0.5, 0.6) is 0 Å². The second kappa shape index (κ2) is 6.00. The number of fused-ring (bicyclic) bond motifs is 2. The molecule has 2 aliphatic rings. The molecule has 0 bridgehead atoms. The van der Waals surface area contributed by atoms with E-state index in [1.165, 1.54) is 18.2 Å². The van der Waals surface area contributed by atoms with E-state index in [1.54, 1.807) is 0 Å². The first kappa shape index (κ1) is 18.9. The summed E-state index contributed by atoms with van der Waals surface area (Å²) in [5.41, 5.74) is -2.97. The highest BCUT2D eigenvalue weighted by Gasteiger charge is 2.52. The van der Waals surface area contributed by atoms with Crippen molar-refractivity contribution in [1.29, 1.82) is 0 Å². The van der Waals surface area contributed by atoms with Crippen LogP contribution in [-0.2, 0) is 21.3 Å². The number of hydrogen-bond acceptors (Lipinski definition) is 6. The maximum Gasteiger partial charge on any atom is 0.398 e. The Morgan fingerprint density at radius 3 is 1.76 bits per heavy atom. The summed E-state index contributed by atoms with van der Waals surface area (Å²) in [4.78, 5) is 46.5. The summed E-state index contributed by atoms with van der Waals surface area (Å²) >= 11 is 0. The number of alkyl halides is 3. The molecule has 0 radical (unpaired) electrons. The first-order chi connectivity index (χ1) is 13.5. The minimum absolute atomic E-state index is 0.00810. The zero-order valence-electron chi connectivity index (χ0n) is 14.8. The molecule has 2 aromatic rings. The summed E-state index contributed by atoms with van der Waals surface area (Å²) in [6.07, 6.45) is -5.31. The van der Waals surface area contributed by atoms with Crippen LogP contribution in [-0.4, -0.2) is 30.1 Å². The van der Waals surface area contributed by atoms with Crippen molar-refractivity contribution in [2.24, 2.45) is 0 Å². The van der Waals surface area contributed by atoms with Crippen molar-refractivity contribution in [2.75, 3.05) is 0 Å². The predicted octanol–water partition coefficient (Wildman–Crippen LogP) is 3.37. The van der Waals surface area contributed by atoms with Crippen molar-refractivity contribution in [2.45, 2.75) is 24.9 Å². The van der Waals surface area contributed by atoms with E-state index in [2.05, 4.69) is 9.47 Å².